The van der Waals surface area contributed by atoms with Crippen molar-refractivity contribution in [2.75, 3.05) is 0 Å². The fourth-order valence-electron chi connectivity index (χ4n) is 1.08. The van der Waals surface area contributed by atoms with Gasteiger partial charge in [0.15, 0.2) is 5.78 Å². The number of carbonyl (C=O) groups excluding carboxylic acids is 1. The van der Waals surface area contributed by atoms with Crippen LogP contribution < -0.4 is 0 Å². The van der Waals surface area contributed by atoms with Crippen LogP contribution in [-0.2, 0) is 0 Å². The van der Waals surface area contributed by atoms with E-state index in [-0.39, 0.29) is 11.3 Å². The number of carbonyl (C=O) groups is 1. The molecule has 0 saturated carbocycles. The molecule has 0 aliphatic carbocycles. The molecule has 0 spiro atoms. The minimum absolute atomic E-state index is 0.0566. The molecule has 0 heterocycles. The lowest BCUT2D eigenvalue weighted by Crippen LogP contribution is -2.21. The molecule has 0 N–H and O–H groups in total. The third kappa shape index (κ3) is 2.16. The molecule has 0 amide bonds. The number of rotatable bonds is 1. The Morgan fingerprint density at radius 1 is 1.21 bits per heavy atom. The average molecular weight is 198 g/mol. The highest BCUT2D eigenvalue weighted by Crippen LogP contribution is 2.22. The van der Waals surface area contributed by atoms with Crippen LogP contribution in [0, 0.1) is 17.0 Å². The normalized spacial score (nSPS) is 11.5. The highest BCUT2D eigenvalue weighted by atomic mass is 19.1. The zero-order chi connectivity index (χ0) is 10.9. The van der Waals surface area contributed by atoms with Gasteiger partial charge in [-0.05, 0) is 12.1 Å². The molecule has 0 radical (unpaired) electrons. The zero-order valence-electron chi connectivity index (χ0n) is 8.40. The van der Waals surface area contributed by atoms with Gasteiger partial charge in [-0.25, -0.2) is 8.78 Å². The molecule has 3 heteroatoms. The molecule has 0 aliphatic rings. The van der Waals surface area contributed by atoms with Crippen LogP contribution in [0.25, 0.3) is 0 Å². The molecular formula is C11H12F2O. The van der Waals surface area contributed by atoms with Crippen molar-refractivity contribution in [1.29, 1.82) is 0 Å². The molecule has 76 valence electrons. The smallest absolute Gasteiger partial charge is 0.171 e. The molecular weight excluding hydrogens is 186 g/mol. The number of ketones is 1. The Balaban J connectivity index is 3.15. The topological polar surface area (TPSA) is 17.1 Å². The summed E-state index contributed by atoms with van der Waals surface area (Å²) in [4.78, 5) is 11.6. The Bertz CT molecular complexity index is 364. The van der Waals surface area contributed by atoms with Gasteiger partial charge in [0.1, 0.15) is 11.6 Å². The van der Waals surface area contributed by atoms with E-state index in [0.29, 0.717) is 0 Å². The van der Waals surface area contributed by atoms with E-state index in [1.54, 1.807) is 20.8 Å². The van der Waals surface area contributed by atoms with Gasteiger partial charge in [0.25, 0.3) is 0 Å². The molecule has 0 atom stereocenters. The average Bonchev–Trinajstić information content (AvgIpc) is 2.01. The highest BCUT2D eigenvalue weighted by Gasteiger charge is 2.25. The summed E-state index contributed by atoms with van der Waals surface area (Å²) in [6, 6.07) is 2.99. The Kier molecular flexibility index (Phi) is 2.69. The first-order valence-corrected chi connectivity index (χ1v) is 4.32. The Morgan fingerprint density at radius 2 is 1.79 bits per heavy atom. The number of Topliss-reactive ketones (excluding diaryl/α,β-unsaturated/α-hetero) is 1. The Morgan fingerprint density at radius 3 is 2.21 bits per heavy atom. The second-order valence-electron chi connectivity index (χ2n) is 4.20. The van der Waals surface area contributed by atoms with Gasteiger partial charge in [0.05, 0.1) is 5.56 Å². The lowest BCUT2D eigenvalue weighted by atomic mass is 9.86. The van der Waals surface area contributed by atoms with Crippen molar-refractivity contribution < 1.29 is 13.6 Å². The van der Waals surface area contributed by atoms with Crippen LogP contribution in [0.15, 0.2) is 18.2 Å². The second-order valence-corrected chi connectivity index (χ2v) is 4.20. The van der Waals surface area contributed by atoms with Crippen LogP contribution >= 0.6 is 0 Å². The molecule has 1 nitrogen and oxygen atoms in total. The van der Waals surface area contributed by atoms with Crippen LogP contribution in [0.5, 0.6) is 0 Å². The first kappa shape index (κ1) is 10.8. The molecule has 0 bridgehead atoms. The summed E-state index contributed by atoms with van der Waals surface area (Å²) in [5, 5.41) is 0. The van der Waals surface area contributed by atoms with Crippen LogP contribution in [-0.4, -0.2) is 5.78 Å². The first-order chi connectivity index (χ1) is 6.32. The van der Waals surface area contributed by atoms with E-state index in [1.807, 2.05) is 0 Å². The largest absolute Gasteiger partial charge is 0.293 e. The van der Waals surface area contributed by atoms with Crippen molar-refractivity contribution in [2.24, 2.45) is 5.41 Å². The summed E-state index contributed by atoms with van der Waals surface area (Å²) in [7, 11) is 0. The number of benzene rings is 1. The Hall–Kier alpha value is -1.25. The van der Waals surface area contributed by atoms with Crippen LogP contribution in [0.2, 0.25) is 0 Å². The van der Waals surface area contributed by atoms with Gasteiger partial charge in [0.2, 0.25) is 0 Å². The van der Waals surface area contributed by atoms with Gasteiger partial charge < -0.3 is 0 Å². The molecule has 0 fully saturated rings. The lowest BCUT2D eigenvalue weighted by molar-refractivity contribution is 0.0854. The van der Waals surface area contributed by atoms with Gasteiger partial charge in [-0.15, -0.1) is 0 Å². The predicted molar refractivity (Wildman–Crippen MR) is 50.1 cm³/mol. The number of hydrogen-bond acceptors (Lipinski definition) is 1. The lowest BCUT2D eigenvalue weighted by Gasteiger charge is -2.16. The first-order valence-electron chi connectivity index (χ1n) is 4.32. The van der Waals surface area contributed by atoms with E-state index in [2.05, 4.69) is 0 Å². The summed E-state index contributed by atoms with van der Waals surface area (Å²) < 4.78 is 25.7. The van der Waals surface area contributed by atoms with Crippen molar-refractivity contribution in [3.05, 3.63) is 35.4 Å². The minimum atomic E-state index is -0.801. The van der Waals surface area contributed by atoms with Gasteiger partial charge in [0, 0.05) is 11.5 Å². The van der Waals surface area contributed by atoms with E-state index in [4.69, 9.17) is 0 Å². The SMILES string of the molecule is CC(C)(C)C(=O)c1ccc(F)cc1F. The van der Waals surface area contributed by atoms with Crippen molar-refractivity contribution >= 4 is 5.78 Å². The molecule has 1 aromatic rings. The fraction of sp³-hybridized carbons (Fsp3) is 0.364. The van der Waals surface area contributed by atoms with Crippen LogP contribution in [0.3, 0.4) is 0 Å². The van der Waals surface area contributed by atoms with Crippen molar-refractivity contribution in [3.8, 4) is 0 Å². The highest BCUT2D eigenvalue weighted by molar-refractivity contribution is 5.99. The van der Waals surface area contributed by atoms with Gasteiger partial charge in [-0.2, -0.15) is 0 Å². The molecule has 14 heavy (non-hydrogen) atoms. The molecule has 0 aliphatic heterocycles. The summed E-state index contributed by atoms with van der Waals surface area (Å²) in [5.74, 6) is -1.80. The maximum Gasteiger partial charge on any atom is 0.171 e. The molecule has 0 unspecified atom stereocenters. The molecule has 0 saturated heterocycles. The summed E-state index contributed by atoms with van der Waals surface area (Å²) in [6.45, 7) is 5.08. The van der Waals surface area contributed by atoms with Crippen molar-refractivity contribution in [2.45, 2.75) is 20.8 Å². The molecule has 1 rings (SSSR count). The van der Waals surface area contributed by atoms with E-state index >= 15 is 0 Å². The summed E-state index contributed by atoms with van der Waals surface area (Å²) in [6.07, 6.45) is 0. The summed E-state index contributed by atoms with van der Waals surface area (Å²) in [5.41, 5.74) is -0.711. The van der Waals surface area contributed by atoms with E-state index in [9.17, 15) is 13.6 Å². The quantitative estimate of drug-likeness (QED) is 0.633. The predicted octanol–water partition coefficient (Wildman–Crippen LogP) is 3.19. The maximum absolute atomic E-state index is 13.2. The van der Waals surface area contributed by atoms with Gasteiger partial charge in [-0.1, -0.05) is 20.8 Å². The van der Waals surface area contributed by atoms with E-state index in [0.717, 1.165) is 12.1 Å². The maximum atomic E-state index is 13.2. The third-order valence-electron chi connectivity index (χ3n) is 1.86. The molecule has 1 aromatic carbocycles. The zero-order valence-corrected chi connectivity index (χ0v) is 8.40. The standard InChI is InChI=1S/C11H12F2O/c1-11(2,3)10(14)8-5-4-7(12)6-9(8)13/h4-6H,1-3H3. The van der Waals surface area contributed by atoms with Crippen molar-refractivity contribution in [3.63, 3.8) is 0 Å². The number of halogens is 2. The van der Waals surface area contributed by atoms with Gasteiger partial charge >= 0.3 is 0 Å². The van der Waals surface area contributed by atoms with Gasteiger partial charge in [-0.3, -0.25) is 4.79 Å². The van der Waals surface area contributed by atoms with E-state index in [1.165, 1.54) is 6.07 Å². The monoisotopic (exact) mass is 198 g/mol. The number of hydrogen-bond donors (Lipinski definition) is 0. The van der Waals surface area contributed by atoms with Crippen molar-refractivity contribution in [1.82, 2.24) is 0 Å². The van der Waals surface area contributed by atoms with Crippen LogP contribution in [0.4, 0.5) is 8.78 Å². The third-order valence-corrected chi connectivity index (χ3v) is 1.86. The Labute approximate surface area is 81.7 Å². The minimum Gasteiger partial charge on any atom is -0.293 e. The molecule has 0 aromatic heterocycles. The fourth-order valence-corrected chi connectivity index (χ4v) is 1.08. The van der Waals surface area contributed by atoms with E-state index < -0.39 is 17.0 Å². The van der Waals surface area contributed by atoms with Crippen LogP contribution in [0.1, 0.15) is 31.1 Å². The summed E-state index contributed by atoms with van der Waals surface area (Å²) >= 11 is 0. The second kappa shape index (κ2) is 3.48.